The molecule has 0 bridgehead atoms. The third-order valence-corrected chi connectivity index (χ3v) is 5.68. The maximum absolute atomic E-state index is 12.6. The van der Waals surface area contributed by atoms with Crippen LogP contribution in [0.25, 0.3) is 17.1 Å². The molecule has 1 N–H and O–H groups in total. The molecule has 0 atom stereocenters. The van der Waals surface area contributed by atoms with Crippen molar-refractivity contribution in [3.05, 3.63) is 84.4 Å². The number of anilines is 1. The first-order valence-electron chi connectivity index (χ1n) is 9.80. The molecule has 7 heteroatoms. The number of aryl methyl sites for hydroxylation is 1. The number of rotatable bonds is 7. The monoisotopic (exact) mass is 430 g/mol. The van der Waals surface area contributed by atoms with E-state index in [0.29, 0.717) is 16.6 Å². The number of thioether (sulfide) groups is 1. The summed E-state index contributed by atoms with van der Waals surface area (Å²) >= 11 is 1.34. The number of carbonyl (C=O) groups excluding carboxylic acids is 1. The van der Waals surface area contributed by atoms with E-state index >= 15 is 0 Å². The standard InChI is InChI=1S/C24H22N4O2S/c1-17-10-6-7-13-19(17)23-26-27-24(28(23)18-11-4-3-5-12-18)31-16-22(29)25-20-14-8-9-15-21(20)30-2/h3-15H,16H2,1-2H3,(H,25,29). The molecule has 0 radical (unpaired) electrons. The van der Waals surface area contributed by atoms with Crippen molar-refractivity contribution in [2.24, 2.45) is 0 Å². The van der Waals surface area contributed by atoms with Crippen LogP contribution in [0, 0.1) is 6.92 Å². The van der Waals surface area contributed by atoms with Crippen molar-refractivity contribution in [3.8, 4) is 22.8 Å². The lowest BCUT2D eigenvalue weighted by Crippen LogP contribution is -2.15. The molecule has 0 unspecified atom stereocenters. The number of benzene rings is 3. The topological polar surface area (TPSA) is 69.0 Å². The predicted octanol–water partition coefficient (Wildman–Crippen LogP) is 4.98. The van der Waals surface area contributed by atoms with Crippen LogP contribution in [-0.4, -0.2) is 33.5 Å². The Kier molecular flexibility index (Phi) is 6.33. The van der Waals surface area contributed by atoms with Gasteiger partial charge in [-0.1, -0.05) is 66.4 Å². The minimum Gasteiger partial charge on any atom is -0.495 e. The predicted molar refractivity (Wildman–Crippen MR) is 124 cm³/mol. The van der Waals surface area contributed by atoms with E-state index in [2.05, 4.69) is 15.5 Å². The van der Waals surface area contributed by atoms with E-state index < -0.39 is 0 Å². The fourth-order valence-corrected chi connectivity index (χ4v) is 3.99. The van der Waals surface area contributed by atoms with Crippen molar-refractivity contribution in [1.29, 1.82) is 0 Å². The molecule has 31 heavy (non-hydrogen) atoms. The molecular weight excluding hydrogens is 408 g/mol. The van der Waals surface area contributed by atoms with Gasteiger partial charge in [0.1, 0.15) is 5.75 Å². The smallest absolute Gasteiger partial charge is 0.234 e. The third kappa shape index (κ3) is 4.62. The number of hydrogen-bond acceptors (Lipinski definition) is 5. The first-order valence-corrected chi connectivity index (χ1v) is 10.8. The number of nitrogens with one attached hydrogen (secondary N) is 1. The Labute approximate surface area is 185 Å². The van der Waals surface area contributed by atoms with Crippen LogP contribution in [0.2, 0.25) is 0 Å². The van der Waals surface area contributed by atoms with E-state index in [0.717, 1.165) is 22.6 Å². The highest BCUT2D eigenvalue weighted by atomic mass is 32.2. The number of nitrogens with zero attached hydrogens (tertiary/aromatic N) is 3. The van der Waals surface area contributed by atoms with Crippen molar-refractivity contribution >= 4 is 23.4 Å². The quantitative estimate of drug-likeness (QED) is 0.419. The number of carbonyl (C=O) groups is 1. The molecule has 3 aromatic carbocycles. The zero-order chi connectivity index (χ0) is 21.6. The van der Waals surface area contributed by atoms with Crippen molar-refractivity contribution < 1.29 is 9.53 Å². The Morgan fingerprint density at radius 1 is 0.968 bits per heavy atom. The Morgan fingerprint density at radius 3 is 2.45 bits per heavy atom. The van der Waals surface area contributed by atoms with Crippen LogP contribution >= 0.6 is 11.8 Å². The highest BCUT2D eigenvalue weighted by molar-refractivity contribution is 7.99. The van der Waals surface area contributed by atoms with E-state index in [9.17, 15) is 4.79 Å². The number of amides is 1. The molecule has 0 spiro atoms. The minimum absolute atomic E-state index is 0.144. The molecule has 1 amide bonds. The molecule has 0 saturated heterocycles. The molecular formula is C24H22N4O2S. The second-order valence-corrected chi connectivity index (χ2v) is 7.77. The Hall–Kier alpha value is -3.58. The van der Waals surface area contributed by atoms with Crippen molar-refractivity contribution in [1.82, 2.24) is 14.8 Å². The lowest BCUT2D eigenvalue weighted by molar-refractivity contribution is -0.113. The zero-order valence-corrected chi connectivity index (χ0v) is 18.1. The normalized spacial score (nSPS) is 10.6. The molecule has 0 saturated carbocycles. The summed E-state index contributed by atoms with van der Waals surface area (Å²) in [6, 6.07) is 25.3. The first kappa shape index (κ1) is 20.7. The summed E-state index contributed by atoms with van der Waals surface area (Å²) in [5, 5.41) is 12.4. The number of methoxy groups -OCH3 is 1. The number of aromatic nitrogens is 3. The van der Waals surface area contributed by atoms with Gasteiger partial charge in [0.2, 0.25) is 5.91 Å². The summed E-state index contributed by atoms with van der Waals surface area (Å²) in [6.45, 7) is 2.05. The van der Waals surface area contributed by atoms with Gasteiger partial charge in [0.15, 0.2) is 11.0 Å². The van der Waals surface area contributed by atoms with E-state index in [1.165, 1.54) is 11.8 Å². The van der Waals surface area contributed by atoms with Gasteiger partial charge in [0.05, 0.1) is 18.6 Å². The lowest BCUT2D eigenvalue weighted by atomic mass is 10.1. The van der Waals surface area contributed by atoms with Gasteiger partial charge in [-0.2, -0.15) is 0 Å². The van der Waals surface area contributed by atoms with Crippen molar-refractivity contribution in [2.75, 3.05) is 18.2 Å². The van der Waals surface area contributed by atoms with Crippen LogP contribution in [0.5, 0.6) is 5.75 Å². The van der Waals surface area contributed by atoms with Crippen LogP contribution in [0.1, 0.15) is 5.56 Å². The lowest BCUT2D eigenvalue weighted by Gasteiger charge is -2.12. The molecule has 6 nitrogen and oxygen atoms in total. The number of hydrogen-bond donors (Lipinski definition) is 1. The van der Waals surface area contributed by atoms with Gasteiger partial charge in [0.25, 0.3) is 0 Å². The van der Waals surface area contributed by atoms with Gasteiger partial charge in [-0.15, -0.1) is 10.2 Å². The van der Waals surface area contributed by atoms with E-state index in [1.54, 1.807) is 7.11 Å². The largest absolute Gasteiger partial charge is 0.495 e. The summed E-state index contributed by atoms with van der Waals surface area (Å²) in [5.74, 6) is 1.41. The molecule has 1 heterocycles. The van der Waals surface area contributed by atoms with Crippen LogP contribution < -0.4 is 10.1 Å². The van der Waals surface area contributed by atoms with E-state index in [4.69, 9.17) is 4.74 Å². The van der Waals surface area contributed by atoms with Crippen molar-refractivity contribution in [3.63, 3.8) is 0 Å². The molecule has 4 rings (SSSR count). The summed E-state index contributed by atoms with van der Waals surface area (Å²) in [6.07, 6.45) is 0. The van der Waals surface area contributed by atoms with Gasteiger partial charge < -0.3 is 10.1 Å². The highest BCUT2D eigenvalue weighted by Gasteiger charge is 2.18. The summed E-state index contributed by atoms with van der Waals surface area (Å²) < 4.78 is 7.29. The Morgan fingerprint density at radius 2 is 1.68 bits per heavy atom. The molecule has 0 aliphatic heterocycles. The molecule has 1 aromatic heterocycles. The fourth-order valence-electron chi connectivity index (χ4n) is 3.24. The second-order valence-electron chi connectivity index (χ2n) is 6.83. The van der Waals surface area contributed by atoms with Crippen molar-refractivity contribution in [2.45, 2.75) is 12.1 Å². The first-order chi connectivity index (χ1) is 15.2. The third-order valence-electron chi connectivity index (χ3n) is 4.75. The average Bonchev–Trinajstić information content (AvgIpc) is 3.22. The molecule has 0 aliphatic carbocycles. The number of para-hydroxylation sites is 3. The minimum atomic E-state index is -0.144. The van der Waals surface area contributed by atoms with Crippen LogP contribution in [0.4, 0.5) is 5.69 Å². The summed E-state index contributed by atoms with van der Waals surface area (Å²) in [4.78, 5) is 12.6. The second kappa shape index (κ2) is 9.49. The van der Waals surface area contributed by atoms with E-state index in [-0.39, 0.29) is 11.7 Å². The molecule has 4 aromatic rings. The van der Waals surface area contributed by atoms with Gasteiger partial charge >= 0.3 is 0 Å². The molecule has 0 fully saturated rings. The fraction of sp³-hybridized carbons (Fsp3) is 0.125. The van der Waals surface area contributed by atoms with Crippen LogP contribution in [-0.2, 0) is 4.79 Å². The Bertz CT molecular complexity index is 1190. The average molecular weight is 431 g/mol. The summed E-state index contributed by atoms with van der Waals surface area (Å²) in [5.41, 5.74) is 3.70. The van der Waals surface area contributed by atoms with Gasteiger partial charge in [-0.25, -0.2) is 0 Å². The zero-order valence-electron chi connectivity index (χ0n) is 17.3. The van der Waals surface area contributed by atoms with E-state index in [1.807, 2.05) is 90.4 Å². The van der Waals surface area contributed by atoms with Gasteiger partial charge in [-0.05, 0) is 36.8 Å². The highest BCUT2D eigenvalue weighted by Crippen LogP contribution is 2.30. The SMILES string of the molecule is COc1ccccc1NC(=O)CSc1nnc(-c2ccccc2C)n1-c1ccccc1. The van der Waals surface area contributed by atoms with Crippen LogP contribution in [0.15, 0.2) is 84.0 Å². The Balaban J connectivity index is 1.60. The van der Waals surface area contributed by atoms with Gasteiger partial charge in [0, 0.05) is 11.3 Å². The number of ether oxygens (including phenoxy) is 1. The molecule has 0 aliphatic rings. The maximum Gasteiger partial charge on any atom is 0.234 e. The maximum atomic E-state index is 12.6. The van der Waals surface area contributed by atoms with Gasteiger partial charge in [-0.3, -0.25) is 9.36 Å². The molecule has 156 valence electrons. The van der Waals surface area contributed by atoms with Crippen LogP contribution in [0.3, 0.4) is 0 Å². The summed E-state index contributed by atoms with van der Waals surface area (Å²) in [7, 11) is 1.58.